The van der Waals surface area contributed by atoms with E-state index in [1.54, 1.807) is 7.11 Å². The summed E-state index contributed by atoms with van der Waals surface area (Å²) in [6.45, 7) is 4.67. The smallest absolute Gasteiger partial charge is 0.226 e. The van der Waals surface area contributed by atoms with Crippen molar-refractivity contribution in [2.45, 2.75) is 51.1 Å². The Kier molecular flexibility index (Phi) is 8.58. The van der Waals surface area contributed by atoms with Crippen molar-refractivity contribution in [3.05, 3.63) is 29.8 Å². The molecular weight excluding hydrogens is 378 g/mol. The Labute approximate surface area is 173 Å². The summed E-state index contributed by atoms with van der Waals surface area (Å²) in [6, 6.07) is 7.76. The van der Waals surface area contributed by atoms with Gasteiger partial charge in [0.25, 0.3) is 0 Å². The van der Waals surface area contributed by atoms with Crippen LogP contribution in [-0.4, -0.2) is 49.5 Å². The topological polar surface area (TPSA) is 70.7 Å². The molecule has 2 fully saturated rings. The van der Waals surface area contributed by atoms with Crippen LogP contribution in [0, 0.1) is 5.92 Å². The average molecular weight is 410 g/mol. The zero-order chi connectivity index (χ0) is 19.2. The summed E-state index contributed by atoms with van der Waals surface area (Å²) in [5.74, 6) is 0.529. The average Bonchev–Trinajstić information content (AvgIpc) is 3.03. The van der Waals surface area contributed by atoms with E-state index in [0.29, 0.717) is 6.54 Å². The van der Waals surface area contributed by atoms with Gasteiger partial charge in [0.2, 0.25) is 11.8 Å². The molecule has 2 heterocycles. The Morgan fingerprint density at radius 3 is 2.54 bits per heavy atom. The number of hydrogen-bond donors (Lipinski definition) is 2. The molecule has 0 aliphatic carbocycles. The van der Waals surface area contributed by atoms with Gasteiger partial charge in [-0.2, -0.15) is 0 Å². The zero-order valence-electron chi connectivity index (χ0n) is 16.8. The molecule has 2 atom stereocenters. The molecule has 0 radical (unpaired) electrons. The number of piperidine rings is 1. The van der Waals surface area contributed by atoms with E-state index in [9.17, 15) is 9.59 Å². The van der Waals surface area contributed by atoms with Crippen molar-refractivity contribution in [2.24, 2.45) is 5.92 Å². The fourth-order valence-electron chi connectivity index (χ4n) is 4.11. The Bertz CT molecular complexity index is 647. The van der Waals surface area contributed by atoms with Crippen molar-refractivity contribution in [3.8, 4) is 5.75 Å². The molecule has 28 heavy (non-hydrogen) atoms. The predicted molar refractivity (Wildman–Crippen MR) is 112 cm³/mol. The summed E-state index contributed by atoms with van der Waals surface area (Å²) in [5, 5.41) is 6.51. The van der Waals surface area contributed by atoms with Crippen LogP contribution in [-0.2, 0) is 9.59 Å². The maximum atomic E-state index is 13.1. The molecule has 0 saturated carbocycles. The van der Waals surface area contributed by atoms with Crippen LogP contribution in [0.3, 0.4) is 0 Å². The third-order valence-electron chi connectivity index (χ3n) is 5.66. The number of likely N-dealkylation sites (tertiary alicyclic amines) is 1. The molecule has 3 rings (SSSR count). The lowest BCUT2D eigenvalue weighted by Crippen LogP contribution is -2.45. The fourth-order valence-corrected chi connectivity index (χ4v) is 4.11. The minimum atomic E-state index is -0.336. The van der Waals surface area contributed by atoms with E-state index in [2.05, 4.69) is 17.6 Å². The van der Waals surface area contributed by atoms with E-state index in [1.165, 1.54) is 0 Å². The first kappa shape index (κ1) is 22.5. The van der Waals surface area contributed by atoms with Crippen molar-refractivity contribution >= 4 is 24.2 Å². The van der Waals surface area contributed by atoms with E-state index in [4.69, 9.17) is 4.74 Å². The monoisotopic (exact) mass is 409 g/mol. The van der Waals surface area contributed by atoms with Gasteiger partial charge in [-0.1, -0.05) is 25.5 Å². The molecule has 2 aliphatic heterocycles. The molecule has 156 valence electrons. The van der Waals surface area contributed by atoms with Gasteiger partial charge in [-0.15, -0.1) is 12.4 Å². The van der Waals surface area contributed by atoms with Gasteiger partial charge in [-0.3, -0.25) is 9.59 Å². The van der Waals surface area contributed by atoms with Crippen LogP contribution in [0.1, 0.15) is 50.6 Å². The van der Waals surface area contributed by atoms with Crippen molar-refractivity contribution in [1.82, 2.24) is 15.5 Å². The van der Waals surface area contributed by atoms with Crippen LogP contribution in [0.25, 0.3) is 0 Å². The molecule has 2 amide bonds. The standard InChI is InChI=1S/C21H31N3O3.ClH/c1-3-4-13-24-19(25)14-18(21(26)23-16-9-11-22-12-10-16)20(24)15-5-7-17(27-2)8-6-15;/h5-8,16,18,20,22H,3-4,9-14H2,1-2H3,(H,23,26);1H. The van der Waals surface area contributed by atoms with Crippen LogP contribution < -0.4 is 15.4 Å². The highest BCUT2D eigenvalue weighted by Crippen LogP contribution is 2.39. The van der Waals surface area contributed by atoms with Gasteiger partial charge in [0.15, 0.2) is 0 Å². The normalized spacial score (nSPS) is 22.6. The lowest BCUT2D eigenvalue weighted by Gasteiger charge is -2.30. The minimum Gasteiger partial charge on any atom is -0.497 e. The first-order valence-electron chi connectivity index (χ1n) is 10.1. The van der Waals surface area contributed by atoms with Crippen LogP contribution >= 0.6 is 12.4 Å². The Hall–Kier alpha value is -1.79. The van der Waals surface area contributed by atoms with E-state index in [-0.39, 0.29) is 48.6 Å². The number of halogens is 1. The van der Waals surface area contributed by atoms with Gasteiger partial charge in [0.05, 0.1) is 19.1 Å². The second-order valence-corrected chi connectivity index (χ2v) is 7.50. The molecule has 2 aliphatic rings. The molecule has 2 saturated heterocycles. The minimum absolute atomic E-state index is 0. The van der Waals surface area contributed by atoms with E-state index < -0.39 is 0 Å². The zero-order valence-corrected chi connectivity index (χ0v) is 17.6. The van der Waals surface area contributed by atoms with Crippen LogP contribution in [0.2, 0.25) is 0 Å². The first-order chi connectivity index (χ1) is 13.1. The van der Waals surface area contributed by atoms with Crippen LogP contribution in [0.5, 0.6) is 5.75 Å². The van der Waals surface area contributed by atoms with E-state index >= 15 is 0 Å². The lowest BCUT2D eigenvalue weighted by atomic mass is 9.92. The molecule has 2 unspecified atom stereocenters. The number of amides is 2. The van der Waals surface area contributed by atoms with E-state index in [1.807, 2.05) is 29.2 Å². The maximum Gasteiger partial charge on any atom is 0.226 e. The second kappa shape index (κ2) is 10.7. The van der Waals surface area contributed by atoms with Crippen molar-refractivity contribution < 1.29 is 14.3 Å². The number of ether oxygens (including phenoxy) is 1. The molecule has 0 spiro atoms. The van der Waals surface area contributed by atoms with Crippen molar-refractivity contribution in [1.29, 1.82) is 0 Å². The second-order valence-electron chi connectivity index (χ2n) is 7.50. The number of unbranched alkanes of at least 4 members (excludes halogenated alkanes) is 1. The Balaban J connectivity index is 0.00000280. The van der Waals surface area contributed by atoms with Gasteiger partial charge in [0.1, 0.15) is 5.75 Å². The first-order valence-corrected chi connectivity index (χ1v) is 10.1. The van der Waals surface area contributed by atoms with Crippen LogP contribution in [0.4, 0.5) is 0 Å². The quantitative estimate of drug-likeness (QED) is 0.726. The number of hydrogen-bond acceptors (Lipinski definition) is 4. The SMILES string of the molecule is CCCCN1C(=O)CC(C(=O)NC2CCNCC2)C1c1ccc(OC)cc1.Cl. The molecule has 1 aromatic carbocycles. The largest absolute Gasteiger partial charge is 0.497 e. The molecule has 6 nitrogen and oxygen atoms in total. The summed E-state index contributed by atoms with van der Waals surface area (Å²) < 4.78 is 5.25. The molecule has 7 heteroatoms. The lowest BCUT2D eigenvalue weighted by molar-refractivity contribution is -0.129. The number of nitrogens with one attached hydrogen (secondary N) is 2. The van der Waals surface area contributed by atoms with Gasteiger partial charge in [-0.25, -0.2) is 0 Å². The van der Waals surface area contributed by atoms with Gasteiger partial charge < -0.3 is 20.3 Å². The molecule has 1 aromatic rings. The summed E-state index contributed by atoms with van der Waals surface area (Å²) in [5.41, 5.74) is 1.00. The van der Waals surface area contributed by atoms with Gasteiger partial charge in [-0.05, 0) is 50.0 Å². The number of carbonyl (C=O) groups excluding carboxylic acids is 2. The van der Waals surface area contributed by atoms with Crippen molar-refractivity contribution in [2.75, 3.05) is 26.7 Å². The third-order valence-corrected chi connectivity index (χ3v) is 5.66. The highest BCUT2D eigenvalue weighted by Gasteiger charge is 2.44. The van der Waals surface area contributed by atoms with Crippen molar-refractivity contribution in [3.63, 3.8) is 0 Å². The number of carbonyl (C=O) groups is 2. The summed E-state index contributed by atoms with van der Waals surface area (Å²) in [7, 11) is 1.64. The number of methoxy groups -OCH3 is 1. The Morgan fingerprint density at radius 2 is 1.93 bits per heavy atom. The summed E-state index contributed by atoms with van der Waals surface area (Å²) >= 11 is 0. The molecule has 2 N–H and O–H groups in total. The van der Waals surface area contributed by atoms with Crippen LogP contribution in [0.15, 0.2) is 24.3 Å². The Morgan fingerprint density at radius 1 is 1.25 bits per heavy atom. The number of benzene rings is 1. The van der Waals surface area contributed by atoms with Gasteiger partial charge >= 0.3 is 0 Å². The maximum absolute atomic E-state index is 13.1. The summed E-state index contributed by atoms with van der Waals surface area (Å²) in [4.78, 5) is 27.7. The predicted octanol–water partition coefficient (Wildman–Crippen LogP) is 2.67. The molecule has 0 bridgehead atoms. The molecule has 0 aromatic heterocycles. The number of nitrogens with zero attached hydrogens (tertiary/aromatic N) is 1. The third kappa shape index (κ3) is 5.17. The fraction of sp³-hybridized carbons (Fsp3) is 0.619. The van der Waals surface area contributed by atoms with Gasteiger partial charge in [0, 0.05) is 19.0 Å². The highest BCUT2D eigenvalue weighted by atomic mass is 35.5. The number of rotatable bonds is 7. The summed E-state index contributed by atoms with van der Waals surface area (Å²) in [6.07, 6.45) is 4.14. The molecular formula is C21H32ClN3O3. The highest BCUT2D eigenvalue weighted by molar-refractivity contribution is 5.90. The van der Waals surface area contributed by atoms with E-state index in [0.717, 1.165) is 50.1 Å².